The minimum atomic E-state index is -0.481. The van der Waals surface area contributed by atoms with Crippen LogP contribution in [0.15, 0.2) is 66.1 Å². The summed E-state index contributed by atoms with van der Waals surface area (Å²) < 4.78 is 10.6. The molecule has 1 saturated carbocycles. The van der Waals surface area contributed by atoms with Crippen molar-refractivity contribution in [2.75, 3.05) is 13.7 Å². The first-order chi connectivity index (χ1) is 17.0. The number of carbonyl (C=O) groups excluding carboxylic acids is 2. The Morgan fingerprint density at radius 2 is 1.97 bits per heavy atom. The summed E-state index contributed by atoms with van der Waals surface area (Å²) in [5, 5.41) is 4.22. The molecule has 5 rings (SSSR count). The Hall–Kier alpha value is -3.16. The van der Waals surface area contributed by atoms with Gasteiger partial charge < -0.3 is 36.7 Å². The zero-order valence-corrected chi connectivity index (χ0v) is 22.9. The summed E-state index contributed by atoms with van der Waals surface area (Å²) >= 11 is 0. The SMILES string of the molecule is COc1ccccc1[C@H]1CC(=O)[C-]=C(NC(C)=[C-]C(=O)OCC2CC2)C1.[Os].[c-]1cccc2[nH]ccc12. The van der Waals surface area contributed by atoms with E-state index in [-0.39, 0.29) is 31.5 Å². The maximum Gasteiger partial charge on any atom is 0.149 e. The minimum absolute atomic E-state index is 0. The van der Waals surface area contributed by atoms with Gasteiger partial charge in [-0.1, -0.05) is 25.1 Å². The van der Waals surface area contributed by atoms with Gasteiger partial charge in [0.1, 0.15) is 11.7 Å². The van der Waals surface area contributed by atoms with Crippen LogP contribution in [0.3, 0.4) is 0 Å². The number of ketones is 1. The molecule has 0 spiro atoms. The third kappa shape index (κ3) is 7.93. The number of hydrogen-bond acceptors (Lipinski definition) is 5. The van der Waals surface area contributed by atoms with Gasteiger partial charge in [-0.3, -0.25) is 4.79 Å². The second-order valence-electron chi connectivity index (χ2n) is 8.77. The van der Waals surface area contributed by atoms with Gasteiger partial charge in [-0.15, -0.1) is 35.7 Å². The normalized spacial score (nSPS) is 17.3. The number of Topliss-reactive ketones (excluding diaryl/α,β-unsaturated/α-hetero) is 1. The number of hydrogen-bond donors (Lipinski definition) is 2. The van der Waals surface area contributed by atoms with E-state index in [1.807, 2.05) is 54.7 Å². The van der Waals surface area contributed by atoms with Crippen LogP contribution in [0.25, 0.3) is 10.9 Å². The maximum absolute atomic E-state index is 12.1. The number of allylic oxidation sites excluding steroid dienone is 3. The van der Waals surface area contributed by atoms with Crippen LogP contribution >= 0.6 is 0 Å². The van der Waals surface area contributed by atoms with Gasteiger partial charge in [0.2, 0.25) is 0 Å². The van der Waals surface area contributed by atoms with Crippen molar-refractivity contribution >= 4 is 22.7 Å². The molecule has 0 unspecified atom stereocenters. The molecule has 2 aliphatic carbocycles. The number of benzene rings is 2. The van der Waals surface area contributed by atoms with Crippen molar-refractivity contribution in [2.24, 2.45) is 5.92 Å². The van der Waals surface area contributed by atoms with Crippen molar-refractivity contribution in [1.29, 1.82) is 0 Å². The summed E-state index contributed by atoms with van der Waals surface area (Å²) in [6.45, 7) is 2.19. The molecule has 6 nitrogen and oxygen atoms in total. The number of aromatic nitrogens is 1. The van der Waals surface area contributed by atoms with E-state index in [0.717, 1.165) is 35.1 Å². The molecule has 0 radical (unpaired) electrons. The van der Waals surface area contributed by atoms with Gasteiger partial charge in [-0.2, -0.15) is 11.4 Å². The van der Waals surface area contributed by atoms with E-state index in [1.54, 1.807) is 14.0 Å². The van der Waals surface area contributed by atoms with Crippen LogP contribution in [0, 0.1) is 24.1 Å². The standard InChI is InChI=1S/C21H23NO4.C8H6N.Os/c1-14(9-21(24)26-13-15-7-8-15)22-17-10-16(11-18(23)12-17)19-5-3-4-6-20(19)25-2;1-2-4-8-7(3-1)5-6-9-8;/h3-6,15-16,22H,7-8,10-11,13H2,1-2H3;1-2,4-6,9H;/q-2;-1;/t16-;;/m1../s1. The van der Waals surface area contributed by atoms with Gasteiger partial charge >= 0.3 is 0 Å². The molecule has 2 N–H and O–H groups in total. The van der Waals surface area contributed by atoms with Gasteiger partial charge in [-0.25, -0.2) is 0 Å². The number of para-hydroxylation sites is 1. The van der Waals surface area contributed by atoms with E-state index in [2.05, 4.69) is 28.5 Å². The molecule has 0 saturated heterocycles. The van der Waals surface area contributed by atoms with E-state index < -0.39 is 5.97 Å². The van der Waals surface area contributed by atoms with Crippen molar-refractivity contribution in [3.8, 4) is 5.75 Å². The molecule has 190 valence electrons. The molecule has 1 heterocycles. The summed E-state index contributed by atoms with van der Waals surface area (Å²) in [5.41, 5.74) is 3.31. The number of ether oxygens (including phenoxy) is 2. The Labute approximate surface area is 225 Å². The molecule has 7 heteroatoms. The van der Waals surface area contributed by atoms with Crippen molar-refractivity contribution in [3.05, 3.63) is 89.9 Å². The molecule has 0 amide bonds. The molecule has 2 aromatic carbocycles. The van der Waals surface area contributed by atoms with Gasteiger partial charge in [0.05, 0.1) is 13.7 Å². The van der Waals surface area contributed by atoms with Crippen molar-refractivity contribution in [1.82, 2.24) is 10.3 Å². The van der Waals surface area contributed by atoms with Gasteiger partial charge in [-0.05, 0) is 66.6 Å². The fraction of sp³-hybridized carbons (Fsp3) is 0.310. The smallest absolute Gasteiger partial charge is 0.149 e. The summed E-state index contributed by atoms with van der Waals surface area (Å²) in [6, 6.07) is 18.7. The second kappa shape index (κ2) is 13.2. The monoisotopic (exact) mass is 661 g/mol. The first-order valence-corrected chi connectivity index (χ1v) is 11.8. The Bertz CT molecular complexity index is 1210. The third-order valence-electron chi connectivity index (χ3n) is 5.90. The van der Waals surface area contributed by atoms with Crippen molar-refractivity contribution < 1.29 is 38.9 Å². The Morgan fingerprint density at radius 1 is 1.17 bits per heavy atom. The Morgan fingerprint density at radius 3 is 2.72 bits per heavy atom. The number of nitrogens with one attached hydrogen (secondary N) is 2. The largest absolute Gasteiger partial charge is 0.496 e. The van der Waals surface area contributed by atoms with Crippen molar-refractivity contribution in [2.45, 2.75) is 38.5 Å². The topological polar surface area (TPSA) is 80.4 Å². The Kier molecular flexibility index (Phi) is 10.1. The zero-order valence-electron chi connectivity index (χ0n) is 20.4. The molecule has 0 bridgehead atoms. The van der Waals surface area contributed by atoms with Crippen LogP contribution in [0.4, 0.5) is 0 Å². The minimum Gasteiger partial charge on any atom is -0.496 e. The summed E-state index contributed by atoms with van der Waals surface area (Å²) in [7, 11) is 1.62. The molecule has 3 aromatic rings. The average molecular weight is 660 g/mol. The van der Waals surface area contributed by atoms with Crippen LogP contribution in [0.5, 0.6) is 5.75 Å². The zero-order chi connectivity index (χ0) is 24.6. The third-order valence-corrected chi connectivity index (χ3v) is 5.90. The molecule has 2 aliphatic rings. The average Bonchev–Trinajstić information content (AvgIpc) is 3.57. The van der Waals surface area contributed by atoms with Gasteiger partial charge in [0, 0.05) is 19.8 Å². The molecule has 1 atom stereocenters. The molecule has 1 aromatic heterocycles. The number of carbonyl (C=O) groups is 2. The molecule has 0 aliphatic heterocycles. The van der Waals surface area contributed by atoms with Gasteiger partial charge in [0.25, 0.3) is 0 Å². The van der Waals surface area contributed by atoms with Crippen LogP contribution < -0.4 is 10.1 Å². The molecule has 1 fully saturated rings. The summed E-state index contributed by atoms with van der Waals surface area (Å²) in [4.78, 5) is 27.0. The predicted molar refractivity (Wildman–Crippen MR) is 133 cm³/mol. The second-order valence-corrected chi connectivity index (χ2v) is 8.77. The van der Waals surface area contributed by atoms with E-state index in [9.17, 15) is 9.59 Å². The number of methoxy groups -OCH3 is 1. The van der Waals surface area contributed by atoms with Crippen LogP contribution in [0.1, 0.15) is 44.1 Å². The number of H-pyrrole nitrogens is 1. The van der Waals surface area contributed by atoms with E-state index >= 15 is 0 Å². The first kappa shape index (κ1) is 27.4. The fourth-order valence-electron chi connectivity index (χ4n) is 3.97. The quantitative estimate of drug-likeness (QED) is 0.211. The Balaban J connectivity index is 0.000000301. The van der Waals surface area contributed by atoms with E-state index in [1.165, 1.54) is 0 Å². The molecular weight excluding hydrogens is 631 g/mol. The molecule has 36 heavy (non-hydrogen) atoms. The van der Waals surface area contributed by atoms with Crippen molar-refractivity contribution in [3.63, 3.8) is 0 Å². The predicted octanol–water partition coefficient (Wildman–Crippen LogP) is 5.04. The summed E-state index contributed by atoms with van der Waals surface area (Å²) in [5.74, 6) is 0.748. The van der Waals surface area contributed by atoms with E-state index in [4.69, 9.17) is 9.47 Å². The van der Waals surface area contributed by atoms with Crippen LogP contribution in [-0.4, -0.2) is 30.5 Å². The number of fused-ring (bicyclic) bond motifs is 1. The molecular formula is C29H29N2O4Os-3. The van der Waals surface area contributed by atoms with Crippen LogP contribution in [-0.2, 0) is 34.1 Å². The van der Waals surface area contributed by atoms with E-state index in [0.29, 0.717) is 36.8 Å². The number of aromatic amines is 1. The van der Waals surface area contributed by atoms with Gasteiger partial charge in [0.15, 0.2) is 0 Å². The summed E-state index contributed by atoms with van der Waals surface area (Å²) in [6.07, 6.45) is 10.7. The number of rotatable bonds is 7. The maximum atomic E-state index is 12.1. The first-order valence-electron chi connectivity index (χ1n) is 11.8. The number of esters is 1. The van der Waals surface area contributed by atoms with Crippen LogP contribution in [0.2, 0.25) is 0 Å². The fourth-order valence-corrected chi connectivity index (χ4v) is 3.97.